The maximum atomic E-state index is 13.0. The normalized spacial score (nSPS) is 17.4. The molecular weight excluding hydrogens is 316 g/mol. The molecule has 1 fully saturated rings. The number of piperidine rings is 1. The first kappa shape index (κ1) is 17.1. The Bertz CT molecular complexity index is 763. The summed E-state index contributed by atoms with van der Waals surface area (Å²) in [5.74, 6) is -0.242. The fourth-order valence-corrected chi connectivity index (χ4v) is 3.23. The lowest BCUT2D eigenvalue weighted by molar-refractivity contribution is -0.124. The molecule has 2 aromatic rings. The minimum atomic E-state index is -0.466. The van der Waals surface area contributed by atoms with Crippen molar-refractivity contribution in [3.05, 3.63) is 54.1 Å². The first-order valence-electron chi connectivity index (χ1n) is 8.56. The van der Waals surface area contributed by atoms with Gasteiger partial charge in [0.15, 0.2) is 0 Å². The van der Waals surface area contributed by atoms with Crippen molar-refractivity contribution in [1.82, 2.24) is 14.9 Å². The Morgan fingerprint density at radius 2 is 2.08 bits per heavy atom. The van der Waals surface area contributed by atoms with Crippen molar-refractivity contribution in [2.45, 2.75) is 32.2 Å². The molecule has 6 nitrogen and oxygen atoms in total. The van der Waals surface area contributed by atoms with Crippen molar-refractivity contribution in [2.75, 3.05) is 18.5 Å². The van der Waals surface area contributed by atoms with Crippen LogP contribution in [-0.2, 0) is 11.2 Å². The smallest absolute Gasteiger partial charge is 0.257 e. The van der Waals surface area contributed by atoms with E-state index in [2.05, 4.69) is 9.97 Å². The molecule has 25 heavy (non-hydrogen) atoms. The van der Waals surface area contributed by atoms with E-state index >= 15 is 0 Å². The number of carbonyl (C=O) groups excluding carboxylic acids is 2. The summed E-state index contributed by atoms with van der Waals surface area (Å²) >= 11 is 0. The van der Waals surface area contributed by atoms with E-state index in [4.69, 9.17) is 0 Å². The third-order valence-corrected chi connectivity index (χ3v) is 4.63. The number of para-hydroxylation sites is 1. The van der Waals surface area contributed by atoms with Crippen LogP contribution in [0.2, 0.25) is 0 Å². The fourth-order valence-electron chi connectivity index (χ4n) is 3.23. The summed E-state index contributed by atoms with van der Waals surface area (Å²) in [6, 6.07) is 9.12. The largest absolute Gasteiger partial charge is 0.330 e. The Kier molecular flexibility index (Phi) is 5.07. The lowest BCUT2D eigenvalue weighted by Gasteiger charge is -2.37. The Labute approximate surface area is 147 Å². The van der Waals surface area contributed by atoms with E-state index in [1.807, 2.05) is 37.3 Å². The van der Waals surface area contributed by atoms with Crippen LogP contribution in [0.1, 0.15) is 35.8 Å². The van der Waals surface area contributed by atoms with Gasteiger partial charge in [-0.25, -0.2) is 9.97 Å². The second-order valence-corrected chi connectivity index (χ2v) is 6.14. The van der Waals surface area contributed by atoms with Crippen LogP contribution in [-0.4, -0.2) is 46.3 Å². The van der Waals surface area contributed by atoms with Gasteiger partial charge in [0.25, 0.3) is 5.91 Å². The summed E-state index contributed by atoms with van der Waals surface area (Å²) in [6.45, 7) is 2.62. The summed E-state index contributed by atoms with van der Waals surface area (Å²) in [5.41, 5.74) is 2.04. The summed E-state index contributed by atoms with van der Waals surface area (Å²) in [4.78, 5) is 37.3. The number of benzene rings is 1. The van der Waals surface area contributed by atoms with E-state index in [1.54, 1.807) is 11.9 Å². The van der Waals surface area contributed by atoms with E-state index in [-0.39, 0.29) is 11.8 Å². The highest BCUT2D eigenvalue weighted by Crippen LogP contribution is 2.24. The number of carbonyl (C=O) groups is 2. The third-order valence-electron chi connectivity index (χ3n) is 4.63. The van der Waals surface area contributed by atoms with E-state index in [1.165, 1.54) is 17.4 Å². The topological polar surface area (TPSA) is 66.4 Å². The SMILES string of the molecule is CCc1ncncc1C(=O)N(C)[C@H]1CCCN(c2ccccc2)C1=O. The van der Waals surface area contributed by atoms with Gasteiger partial charge < -0.3 is 9.80 Å². The van der Waals surface area contributed by atoms with Crippen LogP contribution in [0.4, 0.5) is 5.69 Å². The van der Waals surface area contributed by atoms with Crippen LogP contribution in [0.5, 0.6) is 0 Å². The van der Waals surface area contributed by atoms with Crippen molar-refractivity contribution < 1.29 is 9.59 Å². The molecule has 1 aromatic heterocycles. The molecule has 0 saturated carbocycles. The van der Waals surface area contributed by atoms with Crippen molar-refractivity contribution in [2.24, 2.45) is 0 Å². The van der Waals surface area contributed by atoms with Gasteiger partial charge in [-0.2, -0.15) is 0 Å². The zero-order valence-corrected chi connectivity index (χ0v) is 14.6. The average molecular weight is 338 g/mol. The van der Waals surface area contributed by atoms with Crippen LogP contribution < -0.4 is 4.90 Å². The van der Waals surface area contributed by atoms with Crippen molar-refractivity contribution in [1.29, 1.82) is 0 Å². The van der Waals surface area contributed by atoms with E-state index in [9.17, 15) is 9.59 Å². The first-order chi connectivity index (χ1) is 12.1. The Balaban J connectivity index is 1.83. The summed E-state index contributed by atoms with van der Waals surface area (Å²) in [7, 11) is 1.69. The standard InChI is InChI=1S/C19H22N4O2/c1-3-16-15(12-20-13-21-16)18(24)22(2)17-10-7-11-23(19(17)25)14-8-5-4-6-9-14/h4-6,8-9,12-13,17H,3,7,10-11H2,1-2H3/t17-/m0/s1. The number of aromatic nitrogens is 2. The Morgan fingerprint density at radius 3 is 2.80 bits per heavy atom. The molecule has 0 aliphatic carbocycles. The number of nitrogens with zero attached hydrogens (tertiary/aromatic N) is 4. The quantitative estimate of drug-likeness (QED) is 0.858. The van der Waals surface area contributed by atoms with Gasteiger partial charge in [-0.3, -0.25) is 9.59 Å². The Morgan fingerprint density at radius 1 is 1.32 bits per heavy atom. The molecule has 1 aliphatic rings. The number of rotatable bonds is 4. The molecule has 1 aromatic carbocycles. The van der Waals surface area contributed by atoms with Crippen LogP contribution in [0, 0.1) is 0 Å². The second kappa shape index (κ2) is 7.42. The molecule has 1 atom stereocenters. The number of likely N-dealkylation sites (N-methyl/N-ethyl adjacent to an activating group) is 1. The van der Waals surface area contributed by atoms with Gasteiger partial charge in [0, 0.05) is 25.5 Å². The van der Waals surface area contributed by atoms with Gasteiger partial charge in [-0.15, -0.1) is 0 Å². The second-order valence-electron chi connectivity index (χ2n) is 6.14. The molecule has 0 N–H and O–H groups in total. The monoisotopic (exact) mass is 338 g/mol. The third kappa shape index (κ3) is 3.38. The molecule has 0 spiro atoms. The molecule has 1 aliphatic heterocycles. The molecule has 2 heterocycles. The van der Waals surface area contributed by atoms with Crippen molar-refractivity contribution in [3.8, 4) is 0 Å². The van der Waals surface area contributed by atoms with Gasteiger partial charge in [0.1, 0.15) is 12.4 Å². The van der Waals surface area contributed by atoms with E-state index < -0.39 is 6.04 Å². The van der Waals surface area contributed by atoms with Gasteiger partial charge >= 0.3 is 0 Å². The van der Waals surface area contributed by atoms with Crippen molar-refractivity contribution >= 4 is 17.5 Å². The highest BCUT2D eigenvalue weighted by molar-refractivity contribution is 6.03. The van der Waals surface area contributed by atoms with E-state index in [0.29, 0.717) is 30.6 Å². The fraction of sp³-hybridized carbons (Fsp3) is 0.368. The zero-order chi connectivity index (χ0) is 17.8. The van der Waals surface area contributed by atoms with Crippen LogP contribution in [0.25, 0.3) is 0 Å². The minimum Gasteiger partial charge on any atom is -0.330 e. The number of aryl methyl sites for hydroxylation is 1. The molecule has 1 saturated heterocycles. The van der Waals surface area contributed by atoms with Gasteiger partial charge in [0.2, 0.25) is 5.91 Å². The number of hydrogen-bond acceptors (Lipinski definition) is 4. The average Bonchev–Trinajstić information content (AvgIpc) is 2.67. The highest BCUT2D eigenvalue weighted by atomic mass is 16.2. The van der Waals surface area contributed by atoms with Gasteiger partial charge in [-0.05, 0) is 31.4 Å². The van der Waals surface area contributed by atoms with Gasteiger partial charge in [-0.1, -0.05) is 25.1 Å². The predicted molar refractivity (Wildman–Crippen MR) is 95.3 cm³/mol. The first-order valence-corrected chi connectivity index (χ1v) is 8.56. The number of hydrogen-bond donors (Lipinski definition) is 0. The summed E-state index contributed by atoms with van der Waals surface area (Å²) in [6.07, 6.45) is 5.14. The molecule has 130 valence electrons. The molecule has 0 unspecified atom stereocenters. The van der Waals surface area contributed by atoms with Gasteiger partial charge in [0.05, 0.1) is 11.3 Å². The molecule has 0 bridgehead atoms. The van der Waals surface area contributed by atoms with Crippen molar-refractivity contribution in [3.63, 3.8) is 0 Å². The molecule has 3 rings (SSSR count). The zero-order valence-electron chi connectivity index (χ0n) is 14.6. The van der Waals surface area contributed by atoms with Crippen LogP contribution in [0.15, 0.2) is 42.9 Å². The van der Waals surface area contributed by atoms with Crippen LogP contribution >= 0.6 is 0 Å². The summed E-state index contributed by atoms with van der Waals surface area (Å²) < 4.78 is 0. The number of amides is 2. The molecule has 0 radical (unpaired) electrons. The molecular formula is C19H22N4O2. The van der Waals surface area contributed by atoms with E-state index in [0.717, 1.165) is 12.1 Å². The maximum Gasteiger partial charge on any atom is 0.257 e. The maximum absolute atomic E-state index is 13.0. The Hall–Kier alpha value is -2.76. The highest BCUT2D eigenvalue weighted by Gasteiger charge is 2.35. The number of anilines is 1. The lowest BCUT2D eigenvalue weighted by atomic mass is 10.0. The predicted octanol–water partition coefficient (Wildman–Crippen LogP) is 2.31. The van der Waals surface area contributed by atoms with Crippen LogP contribution in [0.3, 0.4) is 0 Å². The lowest BCUT2D eigenvalue weighted by Crippen LogP contribution is -2.53. The molecule has 2 amide bonds. The molecule has 6 heteroatoms. The minimum absolute atomic E-state index is 0.0387. The summed E-state index contributed by atoms with van der Waals surface area (Å²) in [5, 5.41) is 0.